The Bertz CT molecular complexity index is 756. The minimum atomic E-state index is -0.0626. The molecule has 1 aliphatic carbocycles. The number of amides is 1. The number of benzene rings is 2. The molecule has 0 bridgehead atoms. The first kappa shape index (κ1) is 15.1. The third-order valence-electron chi connectivity index (χ3n) is 4.68. The molecule has 0 radical (unpaired) electrons. The average Bonchev–Trinajstić information content (AvgIpc) is 2.86. The van der Waals surface area contributed by atoms with E-state index < -0.39 is 0 Å². The molecule has 1 amide bonds. The van der Waals surface area contributed by atoms with E-state index in [-0.39, 0.29) is 11.9 Å². The minimum absolute atomic E-state index is 0.0626. The van der Waals surface area contributed by atoms with E-state index in [1.54, 1.807) is 12.1 Å². The Morgan fingerprint density at radius 1 is 1.00 bits per heavy atom. The van der Waals surface area contributed by atoms with Crippen LogP contribution >= 0.6 is 0 Å². The molecule has 2 aromatic rings. The predicted octanol–water partition coefficient (Wildman–Crippen LogP) is 3.66. The first-order chi connectivity index (χ1) is 11.8. The second kappa shape index (κ2) is 6.56. The van der Waals surface area contributed by atoms with Crippen molar-refractivity contribution < 1.29 is 14.3 Å². The first-order valence-electron chi connectivity index (χ1n) is 8.59. The molecule has 0 saturated heterocycles. The summed E-state index contributed by atoms with van der Waals surface area (Å²) in [6.07, 6.45) is 4.03. The zero-order chi connectivity index (χ0) is 16.4. The molecule has 0 unspecified atom stereocenters. The Labute approximate surface area is 141 Å². The van der Waals surface area contributed by atoms with E-state index in [4.69, 9.17) is 9.47 Å². The summed E-state index contributed by atoms with van der Waals surface area (Å²) in [5, 5.41) is 3.18. The Hall–Kier alpha value is -2.49. The van der Waals surface area contributed by atoms with Gasteiger partial charge in [-0.05, 0) is 48.6 Å². The van der Waals surface area contributed by atoms with E-state index in [1.165, 1.54) is 11.1 Å². The van der Waals surface area contributed by atoms with Gasteiger partial charge in [0.1, 0.15) is 0 Å². The van der Waals surface area contributed by atoms with Crippen LogP contribution in [0.3, 0.4) is 0 Å². The largest absolute Gasteiger partial charge is 0.490 e. The maximum absolute atomic E-state index is 12.7. The highest BCUT2D eigenvalue weighted by atomic mass is 16.5. The second-order valence-electron chi connectivity index (χ2n) is 6.33. The van der Waals surface area contributed by atoms with Crippen LogP contribution in [0.1, 0.15) is 46.8 Å². The molecule has 1 aliphatic heterocycles. The van der Waals surface area contributed by atoms with E-state index in [9.17, 15) is 4.79 Å². The molecular weight excluding hydrogens is 302 g/mol. The topological polar surface area (TPSA) is 47.6 Å². The number of fused-ring (bicyclic) bond motifs is 2. The van der Waals surface area contributed by atoms with Gasteiger partial charge in [0.05, 0.1) is 19.3 Å². The summed E-state index contributed by atoms with van der Waals surface area (Å²) in [5.41, 5.74) is 3.20. The van der Waals surface area contributed by atoms with Gasteiger partial charge >= 0.3 is 0 Å². The number of nitrogens with one attached hydrogen (secondary N) is 1. The molecule has 2 aliphatic rings. The molecule has 1 heterocycles. The zero-order valence-corrected chi connectivity index (χ0v) is 13.6. The Morgan fingerprint density at radius 2 is 1.83 bits per heavy atom. The predicted molar refractivity (Wildman–Crippen MR) is 91.6 cm³/mol. The molecule has 4 rings (SSSR count). The quantitative estimate of drug-likeness (QED) is 0.917. The van der Waals surface area contributed by atoms with Gasteiger partial charge in [0.15, 0.2) is 11.5 Å². The monoisotopic (exact) mass is 323 g/mol. The van der Waals surface area contributed by atoms with Gasteiger partial charge in [-0.2, -0.15) is 0 Å². The van der Waals surface area contributed by atoms with Crippen LogP contribution in [0.25, 0.3) is 0 Å². The fourth-order valence-corrected chi connectivity index (χ4v) is 3.45. The number of rotatable bonds is 2. The third kappa shape index (κ3) is 2.96. The Morgan fingerprint density at radius 3 is 2.75 bits per heavy atom. The van der Waals surface area contributed by atoms with Crippen LogP contribution in [0.5, 0.6) is 11.5 Å². The number of hydrogen-bond acceptors (Lipinski definition) is 3. The summed E-state index contributed by atoms with van der Waals surface area (Å²) >= 11 is 0. The summed E-state index contributed by atoms with van der Waals surface area (Å²) in [5.74, 6) is 1.31. The molecule has 0 saturated carbocycles. The lowest BCUT2D eigenvalue weighted by Gasteiger charge is -2.26. The summed E-state index contributed by atoms with van der Waals surface area (Å²) in [6, 6.07) is 13.9. The van der Waals surface area contributed by atoms with E-state index in [0.29, 0.717) is 30.3 Å². The van der Waals surface area contributed by atoms with Gasteiger partial charge in [-0.1, -0.05) is 24.3 Å². The number of hydrogen-bond donors (Lipinski definition) is 1. The summed E-state index contributed by atoms with van der Waals surface area (Å²) in [4.78, 5) is 12.7. The van der Waals surface area contributed by atoms with Crippen molar-refractivity contribution in [2.45, 2.75) is 31.7 Å². The molecule has 0 aromatic heterocycles. The lowest BCUT2D eigenvalue weighted by Crippen LogP contribution is -2.30. The van der Waals surface area contributed by atoms with Crippen molar-refractivity contribution in [1.29, 1.82) is 0 Å². The normalized spacial score (nSPS) is 19.1. The van der Waals surface area contributed by atoms with E-state index in [2.05, 4.69) is 23.5 Å². The Balaban J connectivity index is 1.54. The van der Waals surface area contributed by atoms with Crippen molar-refractivity contribution in [1.82, 2.24) is 5.32 Å². The van der Waals surface area contributed by atoms with Crippen molar-refractivity contribution in [2.24, 2.45) is 0 Å². The molecule has 124 valence electrons. The summed E-state index contributed by atoms with van der Waals surface area (Å²) < 4.78 is 11.3. The standard InChI is InChI=1S/C20H21NO3/c22-20(15-9-10-18-19(13-15)24-12-4-11-23-18)21-17-8-3-6-14-5-1-2-7-16(14)17/h1-2,5,7,9-10,13,17H,3-4,6,8,11-12H2,(H,21,22)/t17-/m0/s1. The average molecular weight is 323 g/mol. The maximum atomic E-state index is 12.7. The first-order valence-corrected chi connectivity index (χ1v) is 8.59. The minimum Gasteiger partial charge on any atom is -0.490 e. The van der Waals surface area contributed by atoms with Crippen LogP contribution in [0.4, 0.5) is 0 Å². The van der Waals surface area contributed by atoms with Crippen LogP contribution in [0, 0.1) is 0 Å². The van der Waals surface area contributed by atoms with Crippen molar-refractivity contribution in [3.8, 4) is 11.5 Å². The summed E-state index contributed by atoms with van der Waals surface area (Å²) in [6.45, 7) is 1.27. The smallest absolute Gasteiger partial charge is 0.251 e. The SMILES string of the molecule is O=C(N[C@H]1CCCc2ccccc21)c1ccc2c(c1)OCCCO2. The van der Waals surface area contributed by atoms with Gasteiger partial charge in [0.2, 0.25) is 0 Å². The highest BCUT2D eigenvalue weighted by Crippen LogP contribution is 2.32. The highest BCUT2D eigenvalue weighted by molar-refractivity contribution is 5.95. The molecule has 1 N–H and O–H groups in total. The number of ether oxygens (including phenoxy) is 2. The molecule has 24 heavy (non-hydrogen) atoms. The van der Waals surface area contributed by atoms with Gasteiger partial charge in [-0.3, -0.25) is 4.79 Å². The van der Waals surface area contributed by atoms with Gasteiger partial charge in [0, 0.05) is 12.0 Å². The van der Waals surface area contributed by atoms with E-state index >= 15 is 0 Å². The van der Waals surface area contributed by atoms with Gasteiger partial charge in [-0.25, -0.2) is 0 Å². The Kier molecular flexibility index (Phi) is 4.11. The molecule has 4 heteroatoms. The second-order valence-corrected chi connectivity index (χ2v) is 6.33. The van der Waals surface area contributed by atoms with Gasteiger partial charge < -0.3 is 14.8 Å². The van der Waals surface area contributed by atoms with Crippen LogP contribution in [0.2, 0.25) is 0 Å². The van der Waals surface area contributed by atoms with Crippen LogP contribution in [0.15, 0.2) is 42.5 Å². The molecule has 0 fully saturated rings. The van der Waals surface area contributed by atoms with Crippen molar-refractivity contribution >= 4 is 5.91 Å². The van der Waals surface area contributed by atoms with Crippen molar-refractivity contribution in [3.05, 3.63) is 59.2 Å². The van der Waals surface area contributed by atoms with Crippen LogP contribution in [-0.2, 0) is 6.42 Å². The van der Waals surface area contributed by atoms with Crippen molar-refractivity contribution in [3.63, 3.8) is 0 Å². The van der Waals surface area contributed by atoms with Crippen molar-refractivity contribution in [2.75, 3.05) is 13.2 Å². The molecule has 2 aromatic carbocycles. The molecule has 4 nitrogen and oxygen atoms in total. The van der Waals surface area contributed by atoms with E-state index in [1.807, 2.05) is 12.1 Å². The van der Waals surface area contributed by atoms with Gasteiger partial charge in [0.25, 0.3) is 5.91 Å². The third-order valence-corrected chi connectivity index (χ3v) is 4.68. The van der Waals surface area contributed by atoms with E-state index in [0.717, 1.165) is 25.7 Å². The molecule has 0 spiro atoms. The highest BCUT2D eigenvalue weighted by Gasteiger charge is 2.22. The fourth-order valence-electron chi connectivity index (χ4n) is 3.45. The van der Waals surface area contributed by atoms with Crippen LogP contribution < -0.4 is 14.8 Å². The lowest BCUT2D eigenvalue weighted by atomic mass is 9.87. The fraction of sp³-hybridized carbons (Fsp3) is 0.350. The molecule has 1 atom stereocenters. The van der Waals surface area contributed by atoms with Gasteiger partial charge in [-0.15, -0.1) is 0 Å². The molecular formula is C20H21NO3. The zero-order valence-electron chi connectivity index (χ0n) is 13.6. The van der Waals surface area contributed by atoms with Crippen LogP contribution in [-0.4, -0.2) is 19.1 Å². The number of carbonyl (C=O) groups excluding carboxylic acids is 1. The summed E-state index contributed by atoms with van der Waals surface area (Å²) in [7, 11) is 0. The number of aryl methyl sites for hydroxylation is 1. The maximum Gasteiger partial charge on any atom is 0.251 e. The number of carbonyl (C=O) groups is 1. The lowest BCUT2D eigenvalue weighted by molar-refractivity contribution is 0.0932.